The molecule has 0 saturated carbocycles. The van der Waals surface area contributed by atoms with Crippen molar-refractivity contribution in [2.75, 3.05) is 13.2 Å². The molecule has 17 heavy (non-hydrogen) atoms. The van der Waals surface area contributed by atoms with E-state index in [1.807, 2.05) is 13.8 Å². The van der Waals surface area contributed by atoms with E-state index in [4.69, 9.17) is 15.6 Å². The van der Waals surface area contributed by atoms with E-state index in [0.29, 0.717) is 19.1 Å². The van der Waals surface area contributed by atoms with Crippen molar-refractivity contribution >= 4 is 5.97 Å². The monoisotopic (exact) mass is 244 g/mol. The topological polar surface area (TPSA) is 75.8 Å². The van der Waals surface area contributed by atoms with Crippen molar-refractivity contribution in [3.63, 3.8) is 0 Å². The van der Waals surface area contributed by atoms with Crippen molar-refractivity contribution in [3.8, 4) is 0 Å². The van der Waals surface area contributed by atoms with E-state index in [2.05, 4.69) is 11.8 Å². The highest BCUT2D eigenvalue weighted by Crippen LogP contribution is 2.20. The summed E-state index contributed by atoms with van der Waals surface area (Å²) in [4.78, 5) is 13.3. The molecular weight excluding hydrogens is 220 g/mol. The number of nitrogens with two attached hydrogens (primary N) is 1. The first-order chi connectivity index (χ1) is 7.74. The lowest BCUT2D eigenvalue weighted by molar-refractivity contribution is -0.144. The van der Waals surface area contributed by atoms with Crippen LogP contribution in [0.3, 0.4) is 0 Å². The van der Waals surface area contributed by atoms with Gasteiger partial charge in [-0.25, -0.2) is 0 Å². The largest absolute Gasteiger partial charge is 0.480 e. The Bertz CT molecular complexity index is 281. The highest BCUT2D eigenvalue weighted by molar-refractivity contribution is 5.77. The molecule has 1 fully saturated rings. The molecule has 100 valence electrons. The molecule has 1 aliphatic heterocycles. The molecule has 1 heterocycles. The maximum absolute atomic E-state index is 11.0. The molecule has 1 rings (SSSR count). The van der Waals surface area contributed by atoms with Gasteiger partial charge >= 0.3 is 5.97 Å². The van der Waals surface area contributed by atoms with Gasteiger partial charge in [-0.1, -0.05) is 0 Å². The first-order valence-corrected chi connectivity index (χ1v) is 6.13. The molecule has 4 atom stereocenters. The van der Waals surface area contributed by atoms with Crippen LogP contribution in [-0.4, -0.2) is 52.9 Å². The fourth-order valence-corrected chi connectivity index (χ4v) is 2.36. The van der Waals surface area contributed by atoms with Crippen molar-refractivity contribution in [1.29, 1.82) is 0 Å². The third kappa shape index (κ3) is 3.66. The van der Waals surface area contributed by atoms with Gasteiger partial charge in [0.15, 0.2) is 0 Å². The summed E-state index contributed by atoms with van der Waals surface area (Å²) in [5, 5.41) is 9.04. The minimum atomic E-state index is -1.17. The van der Waals surface area contributed by atoms with Crippen LogP contribution in [0.4, 0.5) is 0 Å². The number of hydrogen-bond acceptors (Lipinski definition) is 4. The molecule has 0 aromatic carbocycles. The molecule has 0 aromatic rings. The van der Waals surface area contributed by atoms with Gasteiger partial charge in [0.1, 0.15) is 5.54 Å². The minimum absolute atomic E-state index is 0.141. The number of carboxylic acid groups (broad SMARTS) is 1. The molecule has 5 heteroatoms. The van der Waals surface area contributed by atoms with Crippen LogP contribution in [0.1, 0.15) is 34.1 Å². The molecule has 0 radical (unpaired) electrons. The van der Waals surface area contributed by atoms with Crippen LogP contribution < -0.4 is 5.73 Å². The predicted molar refractivity (Wildman–Crippen MR) is 65.9 cm³/mol. The number of nitrogens with zero attached hydrogens (tertiary/aromatic N) is 1. The van der Waals surface area contributed by atoms with E-state index in [1.165, 1.54) is 0 Å². The van der Waals surface area contributed by atoms with Crippen LogP contribution in [0.2, 0.25) is 0 Å². The molecule has 0 bridgehead atoms. The Morgan fingerprint density at radius 2 is 2.24 bits per heavy atom. The van der Waals surface area contributed by atoms with Gasteiger partial charge < -0.3 is 15.6 Å². The van der Waals surface area contributed by atoms with Crippen LogP contribution in [0.5, 0.6) is 0 Å². The van der Waals surface area contributed by atoms with E-state index in [1.54, 1.807) is 6.92 Å². The van der Waals surface area contributed by atoms with E-state index in [0.717, 1.165) is 6.54 Å². The molecule has 0 aromatic heterocycles. The lowest BCUT2D eigenvalue weighted by Crippen LogP contribution is -2.55. The fraction of sp³-hybridized carbons (Fsp3) is 0.917. The van der Waals surface area contributed by atoms with E-state index in [9.17, 15) is 4.79 Å². The predicted octanol–water partition coefficient (Wildman–Crippen LogP) is 0.676. The zero-order valence-corrected chi connectivity index (χ0v) is 11.1. The van der Waals surface area contributed by atoms with Gasteiger partial charge in [0.25, 0.3) is 0 Å². The minimum Gasteiger partial charge on any atom is -0.480 e. The summed E-state index contributed by atoms with van der Waals surface area (Å²) in [6, 6.07) is 0.452. The Balaban J connectivity index is 2.62. The van der Waals surface area contributed by atoms with E-state index in [-0.39, 0.29) is 12.1 Å². The van der Waals surface area contributed by atoms with Crippen molar-refractivity contribution in [2.24, 2.45) is 5.73 Å². The van der Waals surface area contributed by atoms with Gasteiger partial charge in [-0.15, -0.1) is 0 Å². The number of rotatable bonds is 4. The Hall–Kier alpha value is -0.650. The van der Waals surface area contributed by atoms with Gasteiger partial charge in [-0.3, -0.25) is 9.69 Å². The van der Waals surface area contributed by atoms with E-state index < -0.39 is 11.5 Å². The Kier molecular flexibility index (Phi) is 4.52. The number of aliphatic carboxylic acids is 1. The third-order valence-corrected chi connectivity index (χ3v) is 3.43. The lowest BCUT2D eigenvalue weighted by Gasteiger charge is -2.42. The number of morpholine rings is 1. The number of ether oxygens (including phenoxy) is 1. The average Bonchev–Trinajstić information content (AvgIpc) is 2.20. The zero-order valence-electron chi connectivity index (χ0n) is 11.1. The normalized spacial score (nSPS) is 31.8. The van der Waals surface area contributed by atoms with Crippen molar-refractivity contribution < 1.29 is 14.6 Å². The van der Waals surface area contributed by atoms with Crippen molar-refractivity contribution in [2.45, 2.75) is 57.8 Å². The molecule has 5 nitrogen and oxygen atoms in total. The highest BCUT2D eigenvalue weighted by atomic mass is 16.5. The summed E-state index contributed by atoms with van der Waals surface area (Å²) >= 11 is 0. The second-order valence-corrected chi connectivity index (χ2v) is 5.47. The molecular formula is C12H24N2O3. The molecule has 1 saturated heterocycles. The first kappa shape index (κ1) is 14.4. The first-order valence-electron chi connectivity index (χ1n) is 6.13. The van der Waals surface area contributed by atoms with Crippen molar-refractivity contribution in [1.82, 2.24) is 4.90 Å². The van der Waals surface area contributed by atoms with Crippen LogP contribution in [0.15, 0.2) is 0 Å². The van der Waals surface area contributed by atoms with Crippen LogP contribution in [0, 0.1) is 0 Å². The molecule has 0 spiro atoms. The maximum atomic E-state index is 11.0. The second kappa shape index (κ2) is 5.33. The number of carbonyl (C=O) groups is 1. The summed E-state index contributed by atoms with van der Waals surface area (Å²) in [6.07, 6.45) is 0.641. The van der Waals surface area contributed by atoms with E-state index >= 15 is 0 Å². The molecule has 3 N–H and O–H groups in total. The lowest BCUT2D eigenvalue weighted by atomic mass is 9.93. The Labute approximate surface area is 103 Å². The van der Waals surface area contributed by atoms with Crippen LogP contribution in [0.25, 0.3) is 0 Å². The molecule has 4 unspecified atom stereocenters. The Morgan fingerprint density at radius 3 is 2.76 bits per heavy atom. The zero-order chi connectivity index (χ0) is 13.2. The van der Waals surface area contributed by atoms with Gasteiger partial charge in [-0.05, 0) is 34.1 Å². The number of carboxylic acids is 1. The van der Waals surface area contributed by atoms with Crippen LogP contribution >= 0.6 is 0 Å². The highest BCUT2D eigenvalue weighted by Gasteiger charge is 2.35. The van der Waals surface area contributed by atoms with Gasteiger partial charge in [0.05, 0.1) is 12.7 Å². The maximum Gasteiger partial charge on any atom is 0.323 e. The summed E-state index contributed by atoms with van der Waals surface area (Å²) < 4.78 is 5.56. The molecule has 1 aliphatic rings. The SMILES string of the molecule is CC1CN(C(C)CC(C)(N)C(=O)O)C(C)CO1. The summed E-state index contributed by atoms with van der Waals surface area (Å²) in [5.74, 6) is -0.946. The van der Waals surface area contributed by atoms with Crippen LogP contribution in [-0.2, 0) is 9.53 Å². The van der Waals surface area contributed by atoms with Gasteiger partial charge in [0.2, 0.25) is 0 Å². The van der Waals surface area contributed by atoms with Gasteiger partial charge in [-0.2, -0.15) is 0 Å². The molecule has 0 amide bonds. The second-order valence-electron chi connectivity index (χ2n) is 5.47. The van der Waals surface area contributed by atoms with Gasteiger partial charge in [0, 0.05) is 18.6 Å². The smallest absolute Gasteiger partial charge is 0.323 e. The fourth-order valence-electron chi connectivity index (χ4n) is 2.36. The summed E-state index contributed by atoms with van der Waals surface area (Å²) in [6.45, 7) is 9.25. The quantitative estimate of drug-likeness (QED) is 0.760. The Morgan fingerprint density at radius 1 is 1.65 bits per heavy atom. The number of hydrogen-bond donors (Lipinski definition) is 2. The average molecular weight is 244 g/mol. The third-order valence-electron chi connectivity index (χ3n) is 3.43. The molecule has 0 aliphatic carbocycles. The van der Waals surface area contributed by atoms with Crippen molar-refractivity contribution in [3.05, 3.63) is 0 Å². The summed E-state index contributed by atoms with van der Waals surface area (Å²) in [5.41, 5.74) is 4.62. The summed E-state index contributed by atoms with van der Waals surface area (Å²) in [7, 11) is 0. The standard InChI is InChI=1S/C12H24N2O3/c1-8(5-12(4,13)11(15)16)14-6-10(3)17-7-9(14)2/h8-10H,5-7,13H2,1-4H3,(H,15,16).